The molecule has 0 saturated heterocycles. The van der Waals surface area contributed by atoms with Gasteiger partial charge in [-0.25, -0.2) is 0 Å². The summed E-state index contributed by atoms with van der Waals surface area (Å²) in [6, 6.07) is 36.8. The van der Waals surface area contributed by atoms with E-state index in [-0.39, 0.29) is 17.3 Å². The molecule has 5 nitrogen and oxygen atoms in total. The predicted molar refractivity (Wildman–Crippen MR) is 146 cm³/mol. The van der Waals surface area contributed by atoms with Gasteiger partial charge in [0.15, 0.2) is 6.04 Å². The van der Waals surface area contributed by atoms with Crippen LogP contribution in [0.3, 0.4) is 0 Å². The molecule has 189 valence electrons. The van der Waals surface area contributed by atoms with Crippen molar-refractivity contribution in [3.8, 4) is 5.75 Å². The molecule has 5 heteroatoms. The summed E-state index contributed by atoms with van der Waals surface area (Å²) >= 11 is 0. The number of quaternary nitrogens is 1. The Kier molecular flexibility index (Phi) is 8.07. The molecule has 1 atom stereocenters. The minimum atomic E-state index is -0.827. The van der Waals surface area contributed by atoms with Crippen molar-refractivity contribution >= 4 is 5.97 Å². The Hall–Kier alpha value is -3.93. The third-order valence-electron chi connectivity index (χ3n) is 6.20. The largest absolute Gasteiger partial charge is 0.655 e. The Labute approximate surface area is 219 Å². The SMILES string of the molecule is CC(C)(C)[NH2+]OC(=[O+])[C@H](Cc1ccc(O)cc1)NC(c1ccccc1)(c1ccccc1)c1ccccc1. The normalized spacial score (nSPS) is 12.6. The molecule has 37 heavy (non-hydrogen) atoms. The maximum atomic E-state index is 13.7. The summed E-state index contributed by atoms with van der Waals surface area (Å²) in [5.41, 5.74) is 4.42. The molecule has 1 radical (unpaired) electrons. The van der Waals surface area contributed by atoms with Crippen LogP contribution in [0.25, 0.3) is 0 Å². The molecule has 0 aliphatic carbocycles. The Bertz CT molecular complexity index is 1170. The molecule has 0 aliphatic heterocycles. The fourth-order valence-electron chi connectivity index (χ4n) is 4.45. The molecule has 4 N–H and O–H groups in total. The monoisotopic (exact) mass is 495 g/mol. The molecular weight excluding hydrogens is 460 g/mol. The summed E-state index contributed by atoms with van der Waals surface area (Å²) in [6.07, 6.45) is 0.380. The van der Waals surface area contributed by atoms with Gasteiger partial charge in [-0.1, -0.05) is 113 Å². The van der Waals surface area contributed by atoms with Crippen LogP contribution in [0.5, 0.6) is 5.75 Å². The van der Waals surface area contributed by atoms with Crippen molar-refractivity contribution in [3.05, 3.63) is 138 Å². The highest BCUT2D eigenvalue weighted by Gasteiger charge is 2.45. The van der Waals surface area contributed by atoms with E-state index in [1.165, 1.54) is 0 Å². The van der Waals surface area contributed by atoms with Crippen LogP contribution in [0, 0.1) is 0 Å². The fraction of sp³-hybridized carbons (Fsp3) is 0.219. The summed E-state index contributed by atoms with van der Waals surface area (Å²) in [7, 11) is 0. The average Bonchev–Trinajstić information content (AvgIpc) is 2.92. The van der Waals surface area contributed by atoms with Crippen molar-refractivity contribution in [2.75, 3.05) is 0 Å². The number of phenols is 1. The van der Waals surface area contributed by atoms with Crippen LogP contribution >= 0.6 is 0 Å². The molecule has 0 fully saturated rings. The Morgan fingerprint density at radius 2 is 1.19 bits per heavy atom. The summed E-state index contributed by atoms with van der Waals surface area (Å²) in [4.78, 5) is 19.4. The van der Waals surface area contributed by atoms with Crippen LogP contribution in [-0.2, 0) is 21.6 Å². The zero-order valence-electron chi connectivity index (χ0n) is 21.6. The lowest BCUT2D eigenvalue weighted by molar-refractivity contribution is -0.915. The molecule has 0 bridgehead atoms. The van der Waals surface area contributed by atoms with E-state index in [0.29, 0.717) is 6.42 Å². The van der Waals surface area contributed by atoms with Crippen LogP contribution < -0.4 is 10.8 Å². The molecular formula is C32H35N2O3+2. The number of benzene rings is 4. The van der Waals surface area contributed by atoms with Crippen molar-refractivity contribution in [3.63, 3.8) is 0 Å². The van der Waals surface area contributed by atoms with Crippen molar-refractivity contribution in [2.24, 2.45) is 0 Å². The highest BCUT2D eigenvalue weighted by Crippen LogP contribution is 2.37. The molecule has 4 aromatic carbocycles. The number of carbonyl (C=O) groups is 1. The maximum absolute atomic E-state index is 13.7. The number of phenolic OH excluding ortho intramolecular Hbond substituents is 1. The summed E-state index contributed by atoms with van der Waals surface area (Å²) < 4.78 is 0. The van der Waals surface area contributed by atoms with Crippen molar-refractivity contribution in [1.82, 2.24) is 5.32 Å². The van der Waals surface area contributed by atoms with Gasteiger partial charge in [0.2, 0.25) is 0 Å². The number of hydrogen-bond acceptors (Lipinski definition) is 4. The fourth-order valence-corrected chi connectivity index (χ4v) is 4.45. The number of aromatic hydroxyl groups is 1. The lowest BCUT2D eigenvalue weighted by Gasteiger charge is -2.38. The number of nitrogens with one attached hydrogen (secondary N) is 1. The van der Waals surface area contributed by atoms with Crippen LogP contribution in [0.1, 0.15) is 43.0 Å². The number of hydroxylamine groups is 1. The molecule has 0 spiro atoms. The molecule has 4 aromatic rings. The molecule has 0 unspecified atom stereocenters. The third kappa shape index (κ3) is 6.45. The Morgan fingerprint density at radius 1 is 0.757 bits per heavy atom. The summed E-state index contributed by atoms with van der Waals surface area (Å²) in [5.74, 6) is -0.181. The standard InChI is InChI=1S/C32H34N2O3/c1-31(2,3)34-37-30(36)29(23-24-19-21-28(35)22-20-24)33-32(25-13-7-4-8-14-25,26-15-9-5-10-16-26)27-17-11-6-12-18-27/h4-22,29,33-35H,23H2,1-3H3/q+1/p+1/t29-/m0/s1. The maximum Gasteiger partial charge on any atom is 0.655 e. The highest BCUT2D eigenvalue weighted by molar-refractivity contribution is 5.76. The van der Waals surface area contributed by atoms with E-state index < -0.39 is 11.6 Å². The van der Waals surface area contributed by atoms with Crippen LogP contribution in [-0.4, -0.2) is 22.7 Å². The van der Waals surface area contributed by atoms with Gasteiger partial charge in [0.05, 0.1) is 10.3 Å². The molecule has 4 rings (SSSR count). The zero-order chi connectivity index (χ0) is 26.3. The van der Waals surface area contributed by atoms with E-state index in [4.69, 9.17) is 4.84 Å². The second-order valence-electron chi connectivity index (χ2n) is 10.3. The van der Waals surface area contributed by atoms with Gasteiger partial charge in [0.1, 0.15) is 11.3 Å². The van der Waals surface area contributed by atoms with Gasteiger partial charge < -0.3 is 5.11 Å². The minimum Gasteiger partial charge on any atom is -0.508 e. The number of hydrogen-bond donors (Lipinski definition) is 3. The molecule has 0 saturated carbocycles. The number of rotatable bonds is 9. The second kappa shape index (κ2) is 11.4. The van der Waals surface area contributed by atoms with Crippen LogP contribution in [0.2, 0.25) is 0 Å². The Balaban J connectivity index is 1.86. The molecule has 0 heterocycles. The van der Waals surface area contributed by atoms with Crippen LogP contribution in [0.15, 0.2) is 115 Å². The number of carbonyl (C=O) groups excluding carboxylic acids is 1. The quantitative estimate of drug-likeness (QED) is 0.179. The first-order valence-corrected chi connectivity index (χ1v) is 12.5. The lowest BCUT2D eigenvalue weighted by Crippen LogP contribution is -2.94. The third-order valence-corrected chi connectivity index (χ3v) is 6.20. The zero-order valence-corrected chi connectivity index (χ0v) is 21.6. The first kappa shape index (κ1) is 26.1. The van der Waals surface area contributed by atoms with Gasteiger partial charge in [-0.3, -0.25) is 5.32 Å². The van der Waals surface area contributed by atoms with Gasteiger partial charge in [-0.2, -0.15) is 0 Å². The lowest BCUT2D eigenvalue weighted by atomic mass is 9.76. The van der Waals surface area contributed by atoms with E-state index in [1.54, 1.807) is 17.6 Å². The van der Waals surface area contributed by atoms with Gasteiger partial charge in [0.25, 0.3) is 0 Å². The molecule has 0 amide bonds. The van der Waals surface area contributed by atoms with Gasteiger partial charge in [0, 0.05) is 6.42 Å². The molecule has 0 aliphatic rings. The molecule has 0 aromatic heterocycles. The first-order chi connectivity index (χ1) is 17.8. The van der Waals surface area contributed by atoms with E-state index in [9.17, 15) is 9.90 Å². The summed E-state index contributed by atoms with van der Waals surface area (Å²) in [5, 5.41) is 13.6. The van der Waals surface area contributed by atoms with E-state index in [1.807, 2.05) is 87.5 Å². The van der Waals surface area contributed by atoms with E-state index in [2.05, 4.69) is 41.7 Å². The number of nitrogens with two attached hydrogens (primary N) is 1. The van der Waals surface area contributed by atoms with E-state index >= 15 is 0 Å². The van der Waals surface area contributed by atoms with Crippen LogP contribution in [0.4, 0.5) is 0 Å². The highest BCUT2D eigenvalue weighted by atomic mass is 16.7. The summed E-state index contributed by atoms with van der Waals surface area (Å²) in [6.45, 7) is 5.97. The Morgan fingerprint density at radius 3 is 1.59 bits per heavy atom. The van der Waals surface area contributed by atoms with Crippen molar-refractivity contribution in [2.45, 2.75) is 44.3 Å². The second-order valence-corrected chi connectivity index (χ2v) is 10.3. The first-order valence-electron chi connectivity index (χ1n) is 12.5. The van der Waals surface area contributed by atoms with Crippen molar-refractivity contribution in [1.29, 1.82) is 0 Å². The topological polar surface area (TPSA) is 78.0 Å². The van der Waals surface area contributed by atoms with Gasteiger partial charge in [-0.05, 0) is 55.2 Å². The average molecular weight is 496 g/mol. The smallest absolute Gasteiger partial charge is 0.508 e. The van der Waals surface area contributed by atoms with E-state index in [0.717, 1.165) is 22.3 Å². The minimum absolute atomic E-state index is 0.184. The van der Waals surface area contributed by atoms with Gasteiger partial charge in [-0.15, -0.1) is 0 Å². The van der Waals surface area contributed by atoms with Crippen molar-refractivity contribution < 1.29 is 20.2 Å². The van der Waals surface area contributed by atoms with Gasteiger partial charge >= 0.3 is 5.97 Å². The predicted octanol–water partition coefficient (Wildman–Crippen LogP) is 4.71.